The molecule has 0 aromatic carbocycles. The molecule has 17 heavy (non-hydrogen) atoms. The second kappa shape index (κ2) is 6.72. The zero-order chi connectivity index (χ0) is 12.1. The highest BCUT2D eigenvalue weighted by Gasteiger charge is 2.21. The van der Waals surface area contributed by atoms with Crippen molar-refractivity contribution in [1.82, 2.24) is 10.2 Å². The maximum atomic E-state index is 6.02. The predicted molar refractivity (Wildman–Crippen MR) is 73.1 cm³/mol. The van der Waals surface area contributed by atoms with E-state index in [1.807, 2.05) is 0 Å². The molecule has 3 nitrogen and oxygen atoms in total. The molecule has 0 radical (unpaired) electrons. The maximum absolute atomic E-state index is 6.02. The Bertz CT molecular complexity index is 214. The summed E-state index contributed by atoms with van der Waals surface area (Å²) < 4.78 is 0. The van der Waals surface area contributed by atoms with Crippen LogP contribution in [0.25, 0.3) is 0 Å². The third-order valence-corrected chi connectivity index (χ3v) is 4.43. The monoisotopic (exact) mass is 239 g/mol. The van der Waals surface area contributed by atoms with Gasteiger partial charge in [-0.1, -0.05) is 12.8 Å². The van der Waals surface area contributed by atoms with Crippen molar-refractivity contribution >= 4 is 0 Å². The third-order valence-electron chi connectivity index (χ3n) is 4.43. The fourth-order valence-corrected chi connectivity index (χ4v) is 3.24. The van der Waals surface area contributed by atoms with Gasteiger partial charge in [0, 0.05) is 24.7 Å². The molecule has 1 heterocycles. The van der Waals surface area contributed by atoms with Crippen molar-refractivity contribution < 1.29 is 0 Å². The Kier molecular flexibility index (Phi) is 5.26. The minimum atomic E-state index is 0.437. The Balaban J connectivity index is 1.66. The lowest BCUT2D eigenvalue weighted by Gasteiger charge is -2.34. The first-order chi connectivity index (χ1) is 8.25. The van der Waals surface area contributed by atoms with Crippen molar-refractivity contribution in [3.63, 3.8) is 0 Å². The van der Waals surface area contributed by atoms with Crippen LogP contribution >= 0.6 is 0 Å². The highest BCUT2D eigenvalue weighted by atomic mass is 15.2. The first-order valence-electron chi connectivity index (χ1n) is 7.48. The molecule has 3 heteroatoms. The van der Waals surface area contributed by atoms with Gasteiger partial charge in [-0.2, -0.15) is 0 Å². The van der Waals surface area contributed by atoms with Crippen molar-refractivity contribution in [3.05, 3.63) is 0 Å². The molecular formula is C14H29N3. The van der Waals surface area contributed by atoms with Crippen LogP contribution in [0.1, 0.15) is 51.9 Å². The maximum Gasteiger partial charge on any atom is 0.0192 e. The minimum Gasteiger partial charge on any atom is -0.328 e. The van der Waals surface area contributed by atoms with E-state index in [2.05, 4.69) is 17.1 Å². The van der Waals surface area contributed by atoms with Gasteiger partial charge in [-0.25, -0.2) is 0 Å². The molecule has 3 N–H and O–H groups in total. The zero-order valence-corrected chi connectivity index (χ0v) is 11.3. The summed E-state index contributed by atoms with van der Waals surface area (Å²) in [6, 6.07) is 1.80. The zero-order valence-electron chi connectivity index (χ0n) is 11.3. The second-order valence-corrected chi connectivity index (χ2v) is 5.98. The Hall–Kier alpha value is -0.120. The molecule has 2 fully saturated rings. The number of piperidine rings is 1. The first kappa shape index (κ1) is 13.3. The molecule has 2 rings (SSSR count). The van der Waals surface area contributed by atoms with Crippen molar-refractivity contribution in [1.29, 1.82) is 0 Å². The number of nitrogens with two attached hydrogens (primary N) is 1. The van der Waals surface area contributed by atoms with E-state index < -0.39 is 0 Å². The lowest BCUT2D eigenvalue weighted by atomic mass is 9.91. The number of nitrogens with zero attached hydrogens (tertiary/aromatic N) is 1. The van der Waals surface area contributed by atoms with Gasteiger partial charge in [-0.05, 0) is 52.1 Å². The van der Waals surface area contributed by atoms with Gasteiger partial charge in [0.25, 0.3) is 0 Å². The predicted octanol–water partition coefficient (Wildman–Crippen LogP) is 1.72. The van der Waals surface area contributed by atoms with E-state index in [9.17, 15) is 0 Å². The molecule has 1 aliphatic carbocycles. The van der Waals surface area contributed by atoms with Crippen LogP contribution in [0.4, 0.5) is 0 Å². The SMILES string of the molecule is CC(CNC1CCCC(N)C1)N1CCCCC1. The fourth-order valence-electron chi connectivity index (χ4n) is 3.24. The lowest BCUT2D eigenvalue weighted by Crippen LogP contribution is -2.47. The molecule has 3 unspecified atom stereocenters. The Morgan fingerprint density at radius 1 is 1.18 bits per heavy atom. The number of rotatable bonds is 4. The van der Waals surface area contributed by atoms with E-state index in [1.165, 1.54) is 58.0 Å². The fraction of sp³-hybridized carbons (Fsp3) is 1.00. The molecular weight excluding hydrogens is 210 g/mol. The molecule has 2 aliphatic rings. The largest absolute Gasteiger partial charge is 0.328 e. The molecule has 1 saturated heterocycles. The number of hydrogen-bond donors (Lipinski definition) is 2. The van der Waals surface area contributed by atoms with E-state index in [0.29, 0.717) is 18.1 Å². The second-order valence-electron chi connectivity index (χ2n) is 5.98. The molecule has 0 aromatic heterocycles. The van der Waals surface area contributed by atoms with Gasteiger partial charge in [0.1, 0.15) is 0 Å². The van der Waals surface area contributed by atoms with Gasteiger partial charge >= 0.3 is 0 Å². The number of nitrogens with one attached hydrogen (secondary N) is 1. The molecule has 100 valence electrons. The molecule has 1 aliphatic heterocycles. The van der Waals surface area contributed by atoms with Crippen LogP contribution in [0.5, 0.6) is 0 Å². The Morgan fingerprint density at radius 2 is 1.94 bits per heavy atom. The highest BCUT2D eigenvalue weighted by molar-refractivity contribution is 4.82. The third kappa shape index (κ3) is 4.23. The van der Waals surface area contributed by atoms with Crippen LogP contribution in [0.3, 0.4) is 0 Å². The molecule has 0 aromatic rings. The van der Waals surface area contributed by atoms with Gasteiger partial charge in [-0.15, -0.1) is 0 Å². The van der Waals surface area contributed by atoms with Gasteiger partial charge in [0.05, 0.1) is 0 Å². The van der Waals surface area contributed by atoms with Crippen LogP contribution in [-0.2, 0) is 0 Å². The average Bonchev–Trinajstić information content (AvgIpc) is 2.37. The minimum absolute atomic E-state index is 0.437. The summed E-state index contributed by atoms with van der Waals surface area (Å²) >= 11 is 0. The summed E-state index contributed by atoms with van der Waals surface area (Å²) in [7, 11) is 0. The highest BCUT2D eigenvalue weighted by Crippen LogP contribution is 2.17. The van der Waals surface area contributed by atoms with E-state index in [0.717, 1.165) is 6.54 Å². The van der Waals surface area contributed by atoms with Crippen LogP contribution in [0.2, 0.25) is 0 Å². The van der Waals surface area contributed by atoms with Gasteiger partial charge in [-0.3, -0.25) is 4.90 Å². The van der Waals surface area contributed by atoms with E-state index >= 15 is 0 Å². The van der Waals surface area contributed by atoms with Gasteiger partial charge in [0.15, 0.2) is 0 Å². The molecule has 3 atom stereocenters. The molecule has 0 bridgehead atoms. The summed E-state index contributed by atoms with van der Waals surface area (Å²) in [4.78, 5) is 2.64. The molecule has 0 amide bonds. The summed E-state index contributed by atoms with van der Waals surface area (Å²) in [6.07, 6.45) is 9.22. The quantitative estimate of drug-likeness (QED) is 0.785. The summed E-state index contributed by atoms with van der Waals surface area (Å²) in [5.41, 5.74) is 6.02. The van der Waals surface area contributed by atoms with Gasteiger partial charge < -0.3 is 11.1 Å². The topological polar surface area (TPSA) is 41.3 Å². The van der Waals surface area contributed by atoms with E-state index in [4.69, 9.17) is 5.73 Å². The first-order valence-corrected chi connectivity index (χ1v) is 7.48. The number of likely N-dealkylation sites (tertiary alicyclic amines) is 1. The van der Waals surface area contributed by atoms with E-state index in [-0.39, 0.29) is 0 Å². The van der Waals surface area contributed by atoms with Crippen molar-refractivity contribution in [2.45, 2.75) is 70.0 Å². The lowest BCUT2D eigenvalue weighted by molar-refractivity contribution is 0.164. The van der Waals surface area contributed by atoms with Crippen LogP contribution < -0.4 is 11.1 Å². The van der Waals surface area contributed by atoms with Crippen molar-refractivity contribution in [2.24, 2.45) is 5.73 Å². The number of hydrogen-bond acceptors (Lipinski definition) is 3. The summed E-state index contributed by atoms with van der Waals surface area (Å²) in [5, 5.41) is 3.73. The van der Waals surface area contributed by atoms with Crippen LogP contribution in [0, 0.1) is 0 Å². The van der Waals surface area contributed by atoms with E-state index in [1.54, 1.807) is 0 Å². The average molecular weight is 239 g/mol. The summed E-state index contributed by atoms with van der Waals surface area (Å²) in [6.45, 7) is 6.10. The van der Waals surface area contributed by atoms with Crippen molar-refractivity contribution in [2.75, 3.05) is 19.6 Å². The Morgan fingerprint density at radius 3 is 2.65 bits per heavy atom. The molecule has 1 saturated carbocycles. The summed E-state index contributed by atoms with van der Waals surface area (Å²) in [5.74, 6) is 0. The van der Waals surface area contributed by atoms with Crippen LogP contribution in [-0.4, -0.2) is 42.7 Å². The Labute approximate surface area is 106 Å². The standard InChI is InChI=1S/C14H29N3/c1-12(17-8-3-2-4-9-17)11-16-14-7-5-6-13(15)10-14/h12-14,16H,2-11,15H2,1H3. The van der Waals surface area contributed by atoms with Crippen molar-refractivity contribution in [3.8, 4) is 0 Å². The van der Waals surface area contributed by atoms with Crippen LogP contribution in [0.15, 0.2) is 0 Å². The normalized spacial score (nSPS) is 33.5. The smallest absolute Gasteiger partial charge is 0.0192 e. The molecule has 0 spiro atoms. The van der Waals surface area contributed by atoms with Gasteiger partial charge in [0.2, 0.25) is 0 Å².